The lowest BCUT2D eigenvalue weighted by Gasteiger charge is -2.31. The fourth-order valence-corrected chi connectivity index (χ4v) is 11.3. The van der Waals surface area contributed by atoms with Crippen molar-refractivity contribution in [3.63, 3.8) is 0 Å². The first-order chi connectivity index (χ1) is 34.1. The van der Waals surface area contributed by atoms with Gasteiger partial charge in [-0.1, -0.05) is 229 Å². The van der Waals surface area contributed by atoms with Crippen molar-refractivity contribution in [2.24, 2.45) is 0 Å². The average Bonchev–Trinajstić information content (AvgIpc) is 3.34. The maximum atomic E-state index is 17.1. The van der Waals surface area contributed by atoms with E-state index in [4.69, 9.17) is 0 Å². The van der Waals surface area contributed by atoms with E-state index in [1.807, 2.05) is 0 Å². The molecule has 1 aliphatic rings. The summed E-state index contributed by atoms with van der Waals surface area (Å²) in [7, 11) is 0. The fourth-order valence-electron chi connectivity index (χ4n) is 11.3. The highest BCUT2D eigenvalue weighted by atomic mass is 16.1. The van der Waals surface area contributed by atoms with E-state index in [2.05, 4.69) is 253 Å². The Labute approximate surface area is 425 Å². The standard InChI is InChI=1S/C70H64O2/c1-67(2,3)49-29-21-41(22-30-49)57-53-37-45-17-13-14-18-46(45)38-54(53)58(42-23-31-50(32-24-42)68(4,5)6)62-61(57)65(71)63-59(43-25-33-51(34-26-43)69(7,8)9)55-39-47-19-15-16-20-48(47)40-56(55)60(64(63)66(62)72)44-27-35-52(36-28-44)70(10,11)12/h13-40H,1-12H3. The molecule has 0 aliphatic heterocycles. The molecule has 0 atom stereocenters. The molecule has 0 saturated heterocycles. The van der Waals surface area contributed by atoms with Crippen LogP contribution < -0.4 is 0 Å². The number of carbonyl (C=O) groups excluding carboxylic acids is 2. The molecule has 0 saturated carbocycles. The Hall–Kier alpha value is -7.42. The quantitative estimate of drug-likeness (QED) is 0.165. The van der Waals surface area contributed by atoms with Crippen molar-refractivity contribution in [1.82, 2.24) is 0 Å². The van der Waals surface area contributed by atoms with Gasteiger partial charge in [0, 0.05) is 44.5 Å². The van der Waals surface area contributed by atoms with E-state index < -0.39 is 0 Å². The van der Waals surface area contributed by atoms with E-state index in [0.29, 0.717) is 22.3 Å². The van der Waals surface area contributed by atoms with E-state index in [1.54, 1.807) is 0 Å². The molecule has 0 bridgehead atoms. The molecule has 1 aliphatic carbocycles. The lowest BCUT2D eigenvalue weighted by molar-refractivity contribution is 0.0981. The van der Waals surface area contributed by atoms with Gasteiger partial charge in [-0.05, 0) is 134 Å². The van der Waals surface area contributed by atoms with Crippen molar-refractivity contribution in [1.29, 1.82) is 0 Å². The summed E-state index contributed by atoms with van der Waals surface area (Å²) in [6, 6.07) is 60.7. The van der Waals surface area contributed by atoms with Gasteiger partial charge < -0.3 is 0 Å². The van der Waals surface area contributed by atoms with Crippen LogP contribution in [0.1, 0.15) is 137 Å². The Morgan fingerprint density at radius 2 is 0.417 bits per heavy atom. The van der Waals surface area contributed by atoms with E-state index in [0.717, 1.165) is 87.6 Å². The number of benzene rings is 10. The zero-order valence-corrected chi connectivity index (χ0v) is 44.0. The minimum atomic E-state index is -0.144. The van der Waals surface area contributed by atoms with Gasteiger partial charge in [-0.3, -0.25) is 9.59 Å². The highest BCUT2D eigenvalue weighted by Gasteiger charge is 2.41. The molecule has 10 aromatic rings. The molecule has 2 nitrogen and oxygen atoms in total. The Morgan fingerprint density at radius 1 is 0.236 bits per heavy atom. The summed E-state index contributed by atoms with van der Waals surface area (Å²) in [6.45, 7) is 26.7. The molecule has 0 unspecified atom stereocenters. The van der Waals surface area contributed by atoms with Crippen LogP contribution >= 0.6 is 0 Å². The number of hydrogen-bond acceptors (Lipinski definition) is 2. The van der Waals surface area contributed by atoms with Gasteiger partial charge in [0.15, 0.2) is 11.6 Å². The van der Waals surface area contributed by atoms with Gasteiger partial charge >= 0.3 is 0 Å². The average molecular weight is 937 g/mol. The third-order valence-corrected chi connectivity index (χ3v) is 15.4. The summed E-state index contributed by atoms with van der Waals surface area (Å²) in [5.74, 6) is -0.288. The number of rotatable bonds is 4. The Kier molecular flexibility index (Phi) is 10.8. The van der Waals surface area contributed by atoms with Gasteiger partial charge in [-0.25, -0.2) is 0 Å². The van der Waals surface area contributed by atoms with Crippen molar-refractivity contribution in [3.8, 4) is 44.5 Å². The summed E-state index contributed by atoms with van der Waals surface area (Å²) < 4.78 is 0. The highest BCUT2D eigenvalue weighted by molar-refractivity contribution is 6.41. The molecule has 2 heteroatoms. The topological polar surface area (TPSA) is 34.1 Å². The zero-order chi connectivity index (χ0) is 50.8. The van der Waals surface area contributed by atoms with Gasteiger partial charge in [0.05, 0.1) is 0 Å². The molecule has 0 aromatic heterocycles. The molecule has 0 radical (unpaired) electrons. The lowest BCUT2D eigenvalue weighted by atomic mass is 9.69. The second-order valence-electron chi connectivity index (χ2n) is 24.5. The van der Waals surface area contributed by atoms with Crippen LogP contribution in [0.2, 0.25) is 0 Å². The predicted octanol–water partition coefficient (Wildman–Crippen LogP) is 18.9. The van der Waals surface area contributed by atoms with Gasteiger partial charge in [0.1, 0.15) is 0 Å². The third kappa shape index (κ3) is 7.79. The van der Waals surface area contributed by atoms with E-state index in [-0.39, 0.29) is 33.2 Å². The Bertz CT molecular complexity index is 3350. The van der Waals surface area contributed by atoms with Crippen LogP contribution in [0.5, 0.6) is 0 Å². The van der Waals surface area contributed by atoms with Crippen LogP contribution in [-0.4, -0.2) is 11.6 Å². The molecule has 0 amide bonds. The van der Waals surface area contributed by atoms with Crippen molar-refractivity contribution in [2.45, 2.75) is 105 Å². The Morgan fingerprint density at radius 3 is 0.583 bits per heavy atom. The summed E-state index contributed by atoms with van der Waals surface area (Å²) in [4.78, 5) is 34.2. The summed E-state index contributed by atoms with van der Waals surface area (Å²) in [5.41, 5.74) is 13.0. The van der Waals surface area contributed by atoms with Crippen LogP contribution in [0.4, 0.5) is 0 Å². The summed E-state index contributed by atoms with van der Waals surface area (Å²) in [6.07, 6.45) is 0. The monoisotopic (exact) mass is 936 g/mol. The normalized spacial score (nSPS) is 13.3. The van der Waals surface area contributed by atoms with Gasteiger partial charge in [-0.15, -0.1) is 0 Å². The second-order valence-corrected chi connectivity index (χ2v) is 24.5. The van der Waals surface area contributed by atoms with E-state index in [9.17, 15) is 0 Å². The highest BCUT2D eigenvalue weighted by Crippen LogP contribution is 2.53. The predicted molar refractivity (Wildman–Crippen MR) is 306 cm³/mol. The largest absolute Gasteiger partial charge is 0.289 e. The molecular weight excluding hydrogens is 873 g/mol. The van der Waals surface area contributed by atoms with Crippen LogP contribution in [0.15, 0.2) is 170 Å². The number of ketones is 2. The van der Waals surface area contributed by atoms with Crippen LogP contribution in [0.3, 0.4) is 0 Å². The van der Waals surface area contributed by atoms with Crippen molar-refractivity contribution in [3.05, 3.63) is 214 Å². The minimum Gasteiger partial charge on any atom is -0.289 e. The molecule has 0 spiro atoms. The van der Waals surface area contributed by atoms with Gasteiger partial charge in [0.25, 0.3) is 0 Å². The minimum absolute atomic E-state index is 0.0891. The summed E-state index contributed by atoms with van der Waals surface area (Å²) >= 11 is 0. The molecule has 356 valence electrons. The van der Waals surface area contributed by atoms with Gasteiger partial charge in [0.2, 0.25) is 0 Å². The lowest BCUT2D eigenvalue weighted by Crippen LogP contribution is -2.25. The van der Waals surface area contributed by atoms with Gasteiger partial charge in [-0.2, -0.15) is 0 Å². The first-order valence-electron chi connectivity index (χ1n) is 25.7. The third-order valence-electron chi connectivity index (χ3n) is 15.4. The van der Waals surface area contributed by atoms with Crippen molar-refractivity contribution >= 4 is 54.7 Å². The first kappa shape index (κ1) is 46.9. The molecule has 72 heavy (non-hydrogen) atoms. The fraction of sp³-hybridized carbons (Fsp3) is 0.229. The molecule has 10 aromatic carbocycles. The zero-order valence-electron chi connectivity index (χ0n) is 44.0. The number of hydrogen-bond donors (Lipinski definition) is 0. The molecule has 0 heterocycles. The number of carbonyl (C=O) groups is 2. The molecule has 11 rings (SSSR count). The molecule has 0 N–H and O–H groups in total. The Balaban J connectivity index is 1.36. The van der Waals surface area contributed by atoms with Crippen molar-refractivity contribution in [2.75, 3.05) is 0 Å². The molecular formula is C70H64O2. The SMILES string of the molecule is CC(C)(C)c1ccc(-c2c3c(c(-c4ccc(C(C)(C)C)cc4)c4cc5ccccc5cc24)C(=O)c2c(c(-c4ccc(C(C)(C)C)cc4)c4cc5ccccc5cc4c2-c2ccc(C(C)(C)C)cc2)C3=O)cc1. The number of fused-ring (bicyclic) bond motifs is 6. The maximum absolute atomic E-state index is 17.1. The molecule has 0 fully saturated rings. The second kappa shape index (κ2) is 16.6. The van der Waals surface area contributed by atoms with Crippen molar-refractivity contribution < 1.29 is 9.59 Å². The summed E-state index contributed by atoms with van der Waals surface area (Å²) in [5, 5.41) is 8.04. The maximum Gasteiger partial charge on any atom is 0.195 e. The first-order valence-corrected chi connectivity index (χ1v) is 25.7. The van der Waals surface area contributed by atoms with E-state index in [1.165, 1.54) is 22.3 Å². The van der Waals surface area contributed by atoms with Crippen LogP contribution in [0.25, 0.3) is 87.6 Å². The van der Waals surface area contributed by atoms with E-state index >= 15 is 9.59 Å². The smallest absolute Gasteiger partial charge is 0.195 e. The van der Waals surface area contributed by atoms with Crippen LogP contribution in [0, 0.1) is 0 Å². The van der Waals surface area contributed by atoms with Crippen LogP contribution in [-0.2, 0) is 21.7 Å².